The first-order chi connectivity index (χ1) is 14.0. The molecule has 0 bridgehead atoms. The lowest BCUT2D eigenvalue weighted by Gasteiger charge is -2.34. The van der Waals surface area contributed by atoms with Gasteiger partial charge >= 0.3 is 0 Å². The van der Waals surface area contributed by atoms with Crippen molar-refractivity contribution in [1.82, 2.24) is 15.2 Å². The Morgan fingerprint density at radius 1 is 1.17 bits per heavy atom. The molecule has 4 rings (SSSR count). The van der Waals surface area contributed by atoms with Crippen molar-refractivity contribution in [2.75, 3.05) is 44.2 Å². The summed E-state index contributed by atoms with van der Waals surface area (Å²) in [6.07, 6.45) is 0. The second-order valence-electron chi connectivity index (χ2n) is 7.13. The number of piperazine rings is 1. The van der Waals surface area contributed by atoms with Crippen LogP contribution in [0.5, 0.6) is 0 Å². The normalized spacial score (nSPS) is 15.1. The van der Waals surface area contributed by atoms with Gasteiger partial charge in [-0.3, -0.25) is 9.69 Å². The average molecular weight is 494 g/mol. The highest BCUT2D eigenvalue weighted by Gasteiger charge is 2.21. The zero-order chi connectivity index (χ0) is 20.4. The van der Waals surface area contributed by atoms with Crippen molar-refractivity contribution in [3.05, 3.63) is 57.0 Å². The highest BCUT2D eigenvalue weighted by atomic mass is 79.9. The van der Waals surface area contributed by atoms with E-state index in [-0.39, 0.29) is 5.91 Å². The molecule has 1 N–H and O–H groups in total. The predicted molar refractivity (Wildman–Crippen MR) is 124 cm³/mol. The highest BCUT2D eigenvalue weighted by Crippen LogP contribution is 2.35. The summed E-state index contributed by atoms with van der Waals surface area (Å²) >= 11 is 11.4. The van der Waals surface area contributed by atoms with E-state index in [4.69, 9.17) is 16.6 Å². The fraction of sp³-hybridized carbons (Fsp3) is 0.333. The Labute approximate surface area is 187 Å². The molecule has 8 heteroatoms. The number of thiazole rings is 1. The van der Waals surface area contributed by atoms with Crippen molar-refractivity contribution < 1.29 is 4.79 Å². The molecule has 29 heavy (non-hydrogen) atoms. The molecule has 152 valence electrons. The maximum absolute atomic E-state index is 12.2. The van der Waals surface area contributed by atoms with Gasteiger partial charge in [0.1, 0.15) is 0 Å². The molecular formula is C21H22BrClN4OS. The summed E-state index contributed by atoms with van der Waals surface area (Å²) in [4.78, 5) is 21.7. The van der Waals surface area contributed by atoms with Gasteiger partial charge < -0.3 is 10.2 Å². The second kappa shape index (κ2) is 9.00. The number of hydrogen-bond acceptors (Lipinski definition) is 5. The summed E-state index contributed by atoms with van der Waals surface area (Å²) < 4.78 is 2.04. The van der Waals surface area contributed by atoms with Crippen molar-refractivity contribution in [3.8, 4) is 0 Å². The molecule has 1 aliphatic rings. The summed E-state index contributed by atoms with van der Waals surface area (Å²) in [5, 5.41) is 4.82. The van der Waals surface area contributed by atoms with Gasteiger partial charge in [-0.1, -0.05) is 44.9 Å². The first kappa shape index (κ1) is 20.6. The fourth-order valence-electron chi connectivity index (χ4n) is 3.42. The third kappa shape index (κ3) is 4.74. The van der Waals surface area contributed by atoms with Gasteiger partial charge in [0, 0.05) is 49.3 Å². The summed E-state index contributed by atoms with van der Waals surface area (Å²) in [5.41, 5.74) is 2.85. The van der Waals surface area contributed by atoms with E-state index >= 15 is 0 Å². The quantitative estimate of drug-likeness (QED) is 0.565. The Kier molecular flexibility index (Phi) is 6.39. The van der Waals surface area contributed by atoms with E-state index in [9.17, 15) is 4.79 Å². The number of carbonyl (C=O) groups excluding carboxylic acids is 1. The van der Waals surface area contributed by atoms with Crippen LogP contribution in [0.3, 0.4) is 0 Å². The highest BCUT2D eigenvalue weighted by molar-refractivity contribution is 9.10. The molecule has 3 aromatic rings. The van der Waals surface area contributed by atoms with E-state index in [1.54, 1.807) is 11.3 Å². The third-order valence-electron chi connectivity index (χ3n) is 5.15. The van der Waals surface area contributed by atoms with Crippen LogP contribution in [0.4, 0.5) is 5.13 Å². The number of nitrogens with zero attached hydrogens (tertiary/aromatic N) is 3. The lowest BCUT2D eigenvalue weighted by atomic mass is 10.2. The minimum absolute atomic E-state index is 0.0298. The fourth-order valence-corrected chi connectivity index (χ4v) is 5.05. The molecule has 0 spiro atoms. The second-order valence-corrected chi connectivity index (χ2v) is 9.43. The van der Waals surface area contributed by atoms with E-state index in [2.05, 4.69) is 38.0 Å². The number of fused-ring (bicyclic) bond motifs is 1. The molecule has 0 unspecified atom stereocenters. The van der Waals surface area contributed by atoms with Crippen LogP contribution >= 0.6 is 38.9 Å². The maximum Gasteiger partial charge on any atom is 0.251 e. The van der Waals surface area contributed by atoms with Gasteiger partial charge in [-0.15, -0.1) is 0 Å². The summed E-state index contributed by atoms with van der Waals surface area (Å²) in [6.45, 7) is 7.33. The van der Waals surface area contributed by atoms with Crippen LogP contribution in [0.25, 0.3) is 10.2 Å². The smallest absolute Gasteiger partial charge is 0.251 e. The Morgan fingerprint density at radius 2 is 1.90 bits per heavy atom. The number of hydrogen-bond donors (Lipinski definition) is 1. The summed E-state index contributed by atoms with van der Waals surface area (Å²) in [7, 11) is 0. The van der Waals surface area contributed by atoms with Gasteiger partial charge in [0.2, 0.25) is 0 Å². The van der Waals surface area contributed by atoms with Crippen LogP contribution in [-0.4, -0.2) is 55.1 Å². The first-order valence-corrected chi connectivity index (χ1v) is 11.6. The van der Waals surface area contributed by atoms with Crippen molar-refractivity contribution in [3.63, 3.8) is 0 Å². The van der Waals surface area contributed by atoms with Crippen molar-refractivity contribution in [2.24, 2.45) is 0 Å². The standard InChI is InChI=1S/C21H22BrClN4OS/c1-14-2-7-17(23)19-18(14)25-21(29-19)27-12-10-26(11-13-27)9-8-24-20(28)15-3-5-16(22)6-4-15/h2-7H,8-13H2,1H3,(H,24,28). The number of anilines is 1. The number of rotatable bonds is 5. The zero-order valence-corrected chi connectivity index (χ0v) is 19.3. The Balaban J connectivity index is 1.27. The number of nitrogens with one attached hydrogen (secondary N) is 1. The molecule has 2 heterocycles. The number of carbonyl (C=O) groups is 1. The minimum Gasteiger partial charge on any atom is -0.351 e. The largest absolute Gasteiger partial charge is 0.351 e. The molecular weight excluding hydrogens is 472 g/mol. The average Bonchev–Trinajstić information content (AvgIpc) is 3.19. The number of halogens is 2. The van der Waals surface area contributed by atoms with Gasteiger partial charge in [-0.2, -0.15) is 0 Å². The van der Waals surface area contributed by atoms with Gasteiger partial charge in [0.05, 0.1) is 15.2 Å². The molecule has 2 aromatic carbocycles. The summed E-state index contributed by atoms with van der Waals surface area (Å²) in [5.74, 6) is -0.0298. The molecule has 0 atom stereocenters. The molecule has 0 aliphatic carbocycles. The molecule has 0 radical (unpaired) electrons. The van der Waals surface area contributed by atoms with Crippen molar-refractivity contribution in [2.45, 2.75) is 6.92 Å². The number of aryl methyl sites for hydroxylation is 1. The Bertz CT molecular complexity index is 976. The molecule has 1 aliphatic heterocycles. The Morgan fingerprint density at radius 3 is 2.59 bits per heavy atom. The van der Waals surface area contributed by atoms with Crippen LogP contribution in [0.2, 0.25) is 5.02 Å². The lowest BCUT2D eigenvalue weighted by Crippen LogP contribution is -2.48. The molecule has 0 saturated carbocycles. The van der Waals surface area contributed by atoms with Gasteiger partial charge in [-0.25, -0.2) is 4.98 Å². The van der Waals surface area contributed by atoms with E-state index in [1.165, 1.54) is 0 Å². The molecule has 1 amide bonds. The number of amides is 1. The number of aromatic nitrogens is 1. The maximum atomic E-state index is 12.2. The molecule has 5 nitrogen and oxygen atoms in total. The molecule has 1 aromatic heterocycles. The van der Waals surface area contributed by atoms with Gasteiger partial charge in [0.25, 0.3) is 5.91 Å². The van der Waals surface area contributed by atoms with Crippen LogP contribution in [0.15, 0.2) is 40.9 Å². The topological polar surface area (TPSA) is 48.5 Å². The SMILES string of the molecule is Cc1ccc(Cl)c2sc(N3CCN(CCNC(=O)c4ccc(Br)cc4)CC3)nc12. The van der Waals surface area contributed by atoms with E-state index in [1.807, 2.05) is 36.4 Å². The minimum atomic E-state index is -0.0298. The van der Waals surface area contributed by atoms with Gasteiger partial charge in [0.15, 0.2) is 5.13 Å². The van der Waals surface area contributed by atoms with Crippen molar-refractivity contribution >= 4 is 60.1 Å². The van der Waals surface area contributed by atoms with Crippen LogP contribution in [0, 0.1) is 6.92 Å². The van der Waals surface area contributed by atoms with Crippen molar-refractivity contribution in [1.29, 1.82) is 0 Å². The first-order valence-electron chi connectivity index (χ1n) is 9.58. The van der Waals surface area contributed by atoms with Crippen LogP contribution in [-0.2, 0) is 0 Å². The summed E-state index contributed by atoms with van der Waals surface area (Å²) in [6, 6.07) is 11.4. The zero-order valence-electron chi connectivity index (χ0n) is 16.1. The monoisotopic (exact) mass is 492 g/mol. The van der Waals surface area contributed by atoms with Crippen LogP contribution in [0.1, 0.15) is 15.9 Å². The predicted octanol–water partition coefficient (Wildman–Crippen LogP) is 4.57. The van der Waals surface area contributed by atoms with E-state index in [0.29, 0.717) is 12.1 Å². The Hall–Kier alpha value is -1.67. The van der Waals surface area contributed by atoms with Crippen LogP contribution < -0.4 is 10.2 Å². The van der Waals surface area contributed by atoms with E-state index in [0.717, 1.165) is 63.1 Å². The molecule has 1 fully saturated rings. The van der Waals surface area contributed by atoms with Gasteiger partial charge in [-0.05, 0) is 42.8 Å². The lowest BCUT2D eigenvalue weighted by molar-refractivity contribution is 0.0948. The molecule has 1 saturated heterocycles. The third-order valence-corrected chi connectivity index (χ3v) is 7.25. The van der Waals surface area contributed by atoms with E-state index < -0.39 is 0 Å². The number of benzene rings is 2.